The maximum atomic E-state index is 2.31. The van der Waals surface area contributed by atoms with Crippen molar-refractivity contribution in [3.63, 3.8) is 0 Å². The summed E-state index contributed by atoms with van der Waals surface area (Å²) in [5.74, 6) is 1.45. The fraction of sp³-hybridized carbons (Fsp3) is 0.278. The molecular formula is C18H21+. The maximum absolute atomic E-state index is 2.31. The summed E-state index contributed by atoms with van der Waals surface area (Å²) in [6.07, 6.45) is 1.08. The summed E-state index contributed by atoms with van der Waals surface area (Å²) in [6, 6.07) is 21.4. The summed E-state index contributed by atoms with van der Waals surface area (Å²) >= 11 is 0. The van der Waals surface area contributed by atoms with Crippen LogP contribution < -0.4 is 0 Å². The van der Waals surface area contributed by atoms with E-state index in [0.29, 0.717) is 0 Å². The Hall–Kier alpha value is -1.69. The molecule has 0 heterocycles. The van der Waals surface area contributed by atoms with E-state index < -0.39 is 0 Å². The Bertz CT molecular complexity index is 468. The molecule has 2 aromatic carbocycles. The van der Waals surface area contributed by atoms with Gasteiger partial charge in [-0.2, -0.15) is 0 Å². The Kier molecular flexibility index (Phi) is 3.76. The van der Waals surface area contributed by atoms with Crippen LogP contribution in [0.15, 0.2) is 60.7 Å². The third-order valence-corrected chi connectivity index (χ3v) is 3.53. The smallest absolute Gasteiger partial charge is 0.0622 e. The molecule has 0 atom stereocenters. The zero-order valence-electron chi connectivity index (χ0n) is 11.5. The number of rotatable bonds is 4. The average Bonchev–Trinajstić information content (AvgIpc) is 2.40. The van der Waals surface area contributed by atoms with Crippen molar-refractivity contribution in [2.24, 2.45) is 0 Å². The van der Waals surface area contributed by atoms with Crippen molar-refractivity contribution in [2.45, 2.75) is 32.6 Å². The van der Waals surface area contributed by atoms with Crippen LogP contribution in [0.3, 0.4) is 0 Å². The number of hydrogen-bond acceptors (Lipinski definition) is 0. The summed E-state index contributed by atoms with van der Waals surface area (Å²) < 4.78 is 0. The molecule has 0 amide bonds. The van der Waals surface area contributed by atoms with Crippen LogP contribution in [0.5, 0.6) is 0 Å². The van der Waals surface area contributed by atoms with Crippen LogP contribution in [-0.4, -0.2) is 0 Å². The third kappa shape index (κ3) is 2.95. The van der Waals surface area contributed by atoms with Crippen molar-refractivity contribution in [3.8, 4) is 0 Å². The lowest BCUT2D eigenvalue weighted by Gasteiger charge is -2.26. The van der Waals surface area contributed by atoms with Gasteiger partial charge in [0.25, 0.3) is 0 Å². The first kappa shape index (κ1) is 12.8. The van der Waals surface area contributed by atoms with Gasteiger partial charge in [0.1, 0.15) is 5.56 Å². The molecule has 0 N–H and O–H groups in total. The van der Waals surface area contributed by atoms with Gasteiger partial charge in [0.2, 0.25) is 0 Å². The van der Waals surface area contributed by atoms with Gasteiger partial charge in [-0.25, -0.2) is 0 Å². The van der Waals surface area contributed by atoms with Gasteiger partial charge in [0, 0.05) is 36.8 Å². The Labute approximate surface area is 111 Å². The topological polar surface area (TPSA) is 0 Å². The van der Waals surface area contributed by atoms with Crippen LogP contribution in [0, 0.1) is 5.92 Å². The molecular weight excluding hydrogens is 216 g/mol. The minimum atomic E-state index is 0.182. The first-order chi connectivity index (χ1) is 8.59. The van der Waals surface area contributed by atoms with Gasteiger partial charge >= 0.3 is 0 Å². The van der Waals surface area contributed by atoms with Gasteiger partial charge in [-0.1, -0.05) is 44.2 Å². The summed E-state index contributed by atoms with van der Waals surface area (Å²) in [4.78, 5) is 0. The number of hydrogen-bond donors (Lipinski definition) is 0. The van der Waals surface area contributed by atoms with Crippen LogP contribution in [-0.2, 0) is 5.41 Å². The second kappa shape index (κ2) is 5.30. The Morgan fingerprint density at radius 1 is 0.833 bits per heavy atom. The molecule has 18 heavy (non-hydrogen) atoms. The van der Waals surface area contributed by atoms with Crippen molar-refractivity contribution in [2.75, 3.05) is 0 Å². The molecule has 0 saturated carbocycles. The highest BCUT2D eigenvalue weighted by molar-refractivity contribution is 5.33. The van der Waals surface area contributed by atoms with Gasteiger partial charge < -0.3 is 0 Å². The molecule has 0 heteroatoms. The van der Waals surface area contributed by atoms with Crippen LogP contribution >= 0.6 is 0 Å². The van der Waals surface area contributed by atoms with Crippen LogP contribution in [0.25, 0.3) is 0 Å². The molecule has 0 spiro atoms. The molecule has 0 aliphatic heterocycles. The fourth-order valence-electron chi connectivity index (χ4n) is 2.48. The van der Waals surface area contributed by atoms with E-state index in [1.165, 1.54) is 17.0 Å². The highest BCUT2D eigenvalue weighted by atomic mass is 14.3. The Balaban J connectivity index is 2.14. The van der Waals surface area contributed by atoms with Gasteiger partial charge in [0.05, 0.1) is 0 Å². The van der Waals surface area contributed by atoms with Crippen LogP contribution in [0.4, 0.5) is 0 Å². The zero-order valence-corrected chi connectivity index (χ0v) is 11.5. The lowest BCUT2D eigenvalue weighted by Crippen LogP contribution is -2.20. The maximum Gasteiger partial charge on any atom is 0.132 e. The minimum absolute atomic E-state index is 0.182. The second-order valence-electron chi connectivity index (χ2n) is 5.57. The predicted octanol–water partition coefficient (Wildman–Crippen LogP) is 5.00. The standard InChI is InChI=1S/C18H21/c1-15(16-10-6-4-7-11-16)14-18(2,3)17-12-8-5-9-13-17/h4-13H,14H2,1-3H3/q+1. The molecule has 0 fully saturated rings. The zero-order chi connectivity index (χ0) is 13.0. The van der Waals surface area contributed by atoms with Crippen LogP contribution in [0.2, 0.25) is 0 Å². The van der Waals surface area contributed by atoms with E-state index in [1.54, 1.807) is 0 Å². The molecule has 0 aliphatic rings. The van der Waals surface area contributed by atoms with Crippen molar-refractivity contribution >= 4 is 0 Å². The predicted molar refractivity (Wildman–Crippen MR) is 78.5 cm³/mol. The molecule has 0 aliphatic carbocycles. The van der Waals surface area contributed by atoms with E-state index in [0.717, 1.165) is 6.42 Å². The second-order valence-corrected chi connectivity index (χ2v) is 5.57. The van der Waals surface area contributed by atoms with Gasteiger partial charge in [-0.3, -0.25) is 0 Å². The Morgan fingerprint density at radius 2 is 1.33 bits per heavy atom. The van der Waals surface area contributed by atoms with E-state index in [1.807, 2.05) is 0 Å². The quantitative estimate of drug-likeness (QED) is 0.657. The third-order valence-electron chi connectivity index (χ3n) is 3.53. The van der Waals surface area contributed by atoms with Gasteiger partial charge in [0.15, 0.2) is 0 Å². The van der Waals surface area contributed by atoms with Crippen molar-refractivity contribution in [1.82, 2.24) is 0 Å². The molecule has 0 unspecified atom stereocenters. The highest BCUT2D eigenvalue weighted by Gasteiger charge is 2.27. The molecule has 0 saturated heterocycles. The molecule has 0 bridgehead atoms. The monoisotopic (exact) mass is 237 g/mol. The first-order valence-electron chi connectivity index (χ1n) is 6.53. The van der Waals surface area contributed by atoms with Crippen molar-refractivity contribution < 1.29 is 0 Å². The number of benzene rings is 2. The van der Waals surface area contributed by atoms with Crippen molar-refractivity contribution in [1.29, 1.82) is 0 Å². The van der Waals surface area contributed by atoms with E-state index in [2.05, 4.69) is 81.4 Å². The molecule has 2 rings (SSSR count). The highest BCUT2D eigenvalue weighted by Crippen LogP contribution is 2.33. The van der Waals surface area contributed by atoms with Crippen LogP contribution in [0.1, 0.15) is 38.3 Å². The van der Waals surface area contributed by atoms with E-state index in [9.17, 15) is 0 Å². The van der Waals surface area contributed by atoms with Crippen molar-refractivity contribution in [3.05, 3.63) is 77.7 Å². The molecule has 2 aromatic rings. The summed E-state index contributed by atoms with van der Waals surface area (Å²) in [5, 5.41) is 0. The molecule has 0 aromatic heterocycles. The van der Waals surface area contributed by atoms with Gasteiger partial charge in [-0.15, -0.1) is 0 Å². The summed E-state index contributed by atoms with van der Waals surface area (Å²) in [5.41, 5.74) is 2.93. The average molecular weight is 237 g/mol. The normalized spacial score (nSPS) is 11.3. The van der Waals surface area contributed by atoms with E-state index >= 15 is 0 Å². The first-order valence-corrected chi connectivity index (χ1v) is 6.53. The largest absolute Gasteiger partial charge is 0.132 e. The summed E-state index contributed by atoms with van der Waals surface area (Å²) in [7, 11) is 0. The Morgan fingerprint density at radius 3 is 1.89 bits per heavy atom. The summed E-state index contributed by atoms with van der Waals surface area (Å²) in [6.45, 7) is 6.86. The van der Waals surface area contributed by atoms with Gasteiger partial charge in [-0.05, 0) is 23.8 Å². The molecule has 0 radical (unpaired) electrons. The lowest BCUT2D eigenvalue weighted by molar-refractivity contribution is 0.498. The van der Waals surface area contributed by atoms with E-state index in [4.69, 9.17) is 0 Å². The minimum Gasteiger partial charge on any atom is -0.0622 e. The lowest BCUT2D eigenvalue weighted by atomic mass is 9.76. The fourth-order valence-corrected chi connectivity index (χ4v) is 2.48. The van der Waals surface area contributed by atoms with E-state index in [-0.39, 0.29) is 5.41 Å². The SMILES string of the molecule is C[C+](CC(C)(C)c1ccccc1)c1ccccc1. The molecule has 92 valence electrons. The molecule has 0 nitrogen and oxygen atoms in total.